The van der Waals surface area contributed by atoms with E-state index in [1.54, 1.807) is 18.5 Å². The van der Waals surface area contributed by atoms with Crippen molar-refractivity contribution in [2.75, 3.05) is 17.2 Å². The van der Waals surface area contributed by atoms with Gasteiger partial charge < -0.3 is 10.6 Å². The van der Waals surface area contributed by atoms with E-state index in [0.29, 0.717) is 11.3 Å². The van der Waals surface area contributed by atoms with Crippen LogP contribution in [-0.4, -0.2) is 27.6 Å². The molecule has 20 heavy (non-hydrogen) atoms. The largest absolute Gasteiger partial charge is 0.383 e. The minimum atomic E-state index is -0.322. The van der Waals surface area contributed by atoms with Gasteiger partial charge in [-0.05, 0) is 18.6 Å². The molecule has 0 spiro atoms. The van der Waals surface area contributed by atoms with Gasteiger partial charge in [-0.2, -0.15) is 5.10 Å². The van der Waals surface area contributed by atoms with Gasteiger partial charge >= 0.3 is 0 Å². The Labute approximate surface area is 115 Å². The molecule has 0 aliphatic heterocycles. The molecule has 7 heteroatoms. The van der Waals surface area contributed by atoms with Gasteiger partial charge in [-0.25, -0.2) is 5.10 Å². The molecule has 0 saturated heterocycles. The van der Waals surface area contributed by atoms with E-state index in [0.717, 1.165) is 13.0 Å². The normalized spacial score (nSPS) is 10.1. The number of carbonyl (C=O) groups excluding carboxylic acids is 1. The smallest absolute Gasteiger partial charge is 0.264 e. The van der Waals surface area contributed by atoms with E-state index in [9.17, 15) is 9.59 Å². The van der Waals surface area contributed by atoms with Crippen LogP contribution in [0.25, 0.3) is 0 Å². The molecule has 0 fully saturated rings. The standard InChI is InChI=1S/C13H15N5O2/c1-2-6-15-10-8-14-7-5-9(10)13(20)16-11-3-4-12(19)18-17-11/h3-5,7-8,15H,2,6H2,1H3,(H,18,19)(H,16,17,20). The van der Waals surface area contributed by atoms with E-state index in [1.165, 1.54) is 12.1 Å². The average molecular weight is 273 g/mol. The maximum atomic E-state index is 12.2. The zero-order valence-electron chi connectivity index (χ0n) is 11.0. The lowest BCUT2D eigenvalue weighted by Gasteiger charge is -2.10. The summed E-state index contributed by atoms with van der Waals surface area (Å²) >= 11 is 0. The van der Waals surface area contributed by atoms with Crippen LogP contribution in [0.5, 0.6) is 0 Å². The van der Waals surface area contributed by atoms with Crippen LogP contribution in [0.1, 0.15) is 23.7 Å². The van der Waals surface area contributed by atoms with Gasteiger partial charge in [0.1, 0.15) is 0 Å². The number of carbonyl (C=O) groups is 1. The van der Waals surface area contributed by atoms with Crippen molar-refractivity contribution >= 4 is 17.4 Å². The highest BCUT2D eigenvalue weighted by Gasteiger charge is 2.11. The number of hydrogen-bond acceptors (Lipinski definition) is 5. The van der Waals surface area contributed by atoms with Gasteiger partial charge in [-0.1, -0.05) is 6.92 Å². The maximum Gasteiger partial charge on any atom is 0.264 e. The summed E-state index contributed by atoms with van der Waals surface area (Å²) in [5, 5.41) is 11.7. The molecule has 0 unspecified atom stereocenters. The van der Waals surface area contributed by atoms with Crippen LogP contribution in [0.3, 0.4) is 0 Å². The lowest BCUT2D eigenvalue weighted by atomic mass is 10.2. The summed E-state index contributed by atoms with van der Waals surface area (Å²) in [4.78, 5) is 27.1. The summed E-state index contributed by atoms with van der Waals surface area (Å²) in [7, 11) is 0. The predicted octanol–water partition coefficient (Wildman–Crippen LogP) is 1.24. The molecule has 2 heterocycles. The second-order valence-corrected chi connectivity index (χ2v) is 4.11. The molecule has 0 aromatic carbocycles. The summed E-state index contributed by atoms with van der Waals surface area (Å²) < 4.78 is 0. The number of nitrogens with zero attached hydrogens (tertiary/aromatic N) is 2. The predicted molar refractivity (Wildman–Crippen MR) is 75.8 cm³/mol. The molecule has 0 atom stereocenters. The fourth-order valence-electron chi connectivity index (χ4n) is 1.59. The minimum Gasteiger partial charge on any atom is -0.383 e. The Morgan fingerprint density at radius 2 is 2.20 bits per heavy atom. The molecule has 0 aliphatic carbocycles. The van der Waals surface area contributed by atoms with Crippen LogP contribution in [0.15, 0.2) is 35.4 Å². The third-order valence-corrected chi connectivity index (χ3v) is 2.55. The van der Waals surface area contributed by atoms with Crippen molar-refractivity contribution < 1.29 is 4.79 Å². The molecule has 2 aromatic heterocycles. The Morgan fingerprint density at radius 3 is 2.90 bits per heavy atom. The number of pyridine rings is 1. The van der Waals surface area contributed by atoms with Gasteiger partial charge in [-0.3, -0.25) is 14.6 Å². The molecule has 7 nitrogen and oxygen atoms in total. The van der Waals surface area contributed by atoms with Crippen LogP contribution in [-0.2, 0) is 0 Å². The summed E-state index contributed by atoms with van der Waals surface area (Å²) in [6.45, 7) is 2.79. The summed E-state index contributed by atoms with van der Waals surface area (Å²) in [6.07, 6.45) is 4.09. The molecule has 0 radical (unpaired) electrons. The lowest BCUT2D eigenvalue weighted by Crippen LogP contribution is -2.17. The molecule has 1 amide bonds. The monoisotopic (exact) mass is 273 g/mol. The maximum absolute atomic E-state index is 12.2. The molecule has 104 valence electrons. The van der Waals surface area contributed by atoms with Gasteiger partial charge in [0.2, 0.25) is 0 Å². The Hall–Kier alpha value is -2.70. The number of aromatic amines is 1. The van der Waals surface area contributed by atoms with Crippen LogP contribution >= 0.6 is 0 Å². The van der Waals surface area contributed by atoms with Crippen molar-refractivity contribution in [1.29, 1.82) is 0 Å². The number of amides is 1. The van der Waals surface area contributed by atoms with Crippen molar-refractivity contribution in [2.45, 2.75) is 13.3 Å². The van der Waals surface area contributed by atoms with Gasteiger partial charge in [0, 0.05) is 18.8 Å². The fraction of sp³-hybridized carbons (Fsp3) is 0.231. The molecule has 0 aliphatic rings. The van der Waals surface area contributed by atoms with E-state index < -0.39 is 0 Å². The minimum absolute atomic E-state index is 0.285. The Kier molecular flexibility index (Phi) is 4.43. The summed E-state index contributed by atoms with van der Waals surface area (Å²) in [5.41, 5.74) is 0.815. The number of aromatic nitrogens is 3. The zero-order chi connectivity index (χ0) is 14.4. The molecule has 2 aromatic rings. The van der Waals surface area contributed by atoms with Crippen LogP contribution in [0.4, 0.5) is 11.5 Å². The highest BCUT2D eigenvalue weighted by atomic mass is 16.2. The van der Waals surface area contributed by atoms with Crippen molar-refractivity contribution in [3.63, 3.8) is 0 Å². The van der Waals surface area contributed by atoms with Gasteiger partial charge in [0.05, 0.1) is 17.4 Å². The third-order valence-electron chi connectivity index (χ3n) is 2.55. The SMILES string of the molecule is CCCNc1cnccc1C(=O)Nc1ccc(=O)[nH]n1. The highest BCUT2D eigenvalue weighted by molar-refractivity contribution is 6.07. The topological polar surface area (TPSA) is 99.8 Å². The summed E-state index contributed by atoms with van der Waals surface area (Å²) in [6, 6.07) is 4.36. The van der Waals surface area contributed by atoms with E-state index in [2.05, 4.69) is 25.8 Å². The number of nitrogens with one attached hydrogen (secondary N) is 3. The first-order valence-corrected chi connectivity index (χ1v) is 6.25. The van der Waals surface area contributed by atoms with Crippen LogP contribution < -0.4 is 16.2 Å². The van der Waals surface area contributed by atoms with Crippen LogP contribution in [0.2, 0.25) is 0 Å². The molecule has 0 saturated carbocycles. The van der Waals surface area contributed by atoms with Gasteiger partial charge in [-0.15, -0.1) is 0 Å². The highest BCUT2D eigenvalue weighted by Crippen LogP contribution is 2.14. The summed E-state index contributed by atoms with van der Waals surface area (Å²) in [5.74, 6) is -0.0293. The van der Waals surface area contributed by atoms with Gasteiger partial charge in [0.15, 0.2) is 5.82 Å². The molecule has 2 rings (SSSR count). The molecular formula is C13H15N5O2. The van der Waals surface area contributed by atoms with Crippen LogP contribution in [0, 0.1) is 0 Å². The first kappa shape index (κ1) is 13.7. The van der Waals surface area contributed by atoms with E-state index in [-0.39, 0.29) is 17.3 Å². The number of H-pyrrole nitrogens is 1. The van der Waals surface area contributed by atoms with E-state index in [1.807, 2.05) is 6.92 Å². The quantitative estimate of drug-likeness (QED) is 0.761. The number of hydrogen-bond donors (Lipinski definition) is 3. The van der Waals surface area contributed by atoms with E-state index >= 15 is 0 Å². The van der Waals surface area contributed by atoms with Crippen molar-refractivity contribution in [3.05, 3.63) is 46.5 Å². The van der Waals surface area contributed by atoms with Crippen molar-refractivity contribution in [2.24, 2.45) is 0 Å². The van der Waals surface area contributed by atoms with E-state index in [4.69, 9.17) is 0 Å². The number of rotatable bonds is 5. The molecule has 3 N–H and O–H groups in total. The second-order valence-electron chi connectivity index (χ2n) is 4.11. The van der Waals surface area contributed by atoms with Crippen molar-refractivity contribution in [1.82, 2.24) is 15.2 Å². The average Bonchev–Trinajstić information content (AvgIpc) is 2.47. The Bertz CT molecular complexity index is 633. The first-order chi connectivity index (χ1) is 9.70. The lowest BCUT2D eigenvalue weighted by molar-refractivity contribution is 0.102. The second kappa shape index (κ2) is 6.46. The Balaban J connectivity index is 2.16. The molecular weight excluding hydrogens is 258 g/mol. The Morgan fingerprint density at radius 1 is 1.35 bits per heavy atom. The molecule has 0 bridgehead atoms. The zero-order valence-corrected chi connectivity index (χ0v) is 11.0. The fourth-order valence-corrected chi connectivity index (χ4v) is 1.59. The third kappa shape index (κ3) is 3.41. The van der Waals surface area contributed by atoms with Gasteiger partial charge in [0.25, 0.3) is 11.5 Å². The first-order valence-electron chi connectivity index (χ1n) is 6.25. The number of anilines is 2. The van der Waals surface area contributed by atoms with Crippen molar-refractivity contribution in [3.8, 4) is 0 Å².